The van der Waals surface area contributed by atoms with Gasteiger partial charge in [-0.05, 0) is 34.2 Å². The number of carbonyl (C=O) groups is 1. The van der Waals surface area contributed by atoms with Crippen molar-refractivity contribution in [1.82, 2.24) is 14.5 Å². The molecule has 0 aromatic rings. The van der Waals surface area contributed by atoms with Crippen molar-refractivity contribution in [3.05, 3.63) is 0 Å². The van der Waals surface area contributed by atoms with Gasteiger partial charge in [0.2, 0.25) is 15.9 Å². The molecule has 0 bridgehead atoms. The molecule has 0 rings (SSSR count). The molecule has 0 heterocycles. The van der Waals surface area contributed by atoms with Gasteiger partial charge in [0.1, 0.15) is 0 Å². The van der Waals surface area contributed by atoms with E-state index >= 15 is 0 Å². The van der Waals surface area contributed by atoms with Gasteiger partial charge in [-0.3, -0.25) is 9.69 Å². The molecule has 0 aliphatic heterocycles. The number of amides is 1. The Kier molecular flexibility index (Phi) is 8.57. The average molecular weight is 336 g/mol. The fraction of sp³-hybridized carbons (Fsp3) is 0.933. The Morgan fingerprint density at radius 2 is 1.68 bits per heavy atom. The summed E-state index contributed by atoms with van der Waals surface area (Å²) < 4.78 is 24.5. The number of rotatable bonds is 9. The van der Waals surface area contributed by atoms with E-state index in [0.29, 0.717) is 26.1 Å². The summed E-state index contributed by atoms with van der Waals surface area (Å²) in [7, 11) is -1.12. The molecule has 0 aliphatic carbocycles. The molecule has 0 aromatic heterocycles. The van der Waals surface area contributed by atoms with Crippen molar-refractivity contribution in [2.45, 2.75) is 46.6 Å². The lowest BCUT2D eigenvalue weighted by atomic mass is 10.1. The summed E-state index contributed by atoms with van der Waals surface area (Å²) in [6.45, 7) is 12.6. The third-order valence-corrected chi connectivity index (χ3v) is 4.35. The Balaban J connectivity index is 4.49. The minimum atomic E-state index is -3.17. The molecule has 0 spiro atoms. The molecule has 0 fully saturated rings. The lowest BCUT2D eigenvalue weighted by Crippen LogP contribution is -2.45. The normalized spacial score (nSPS) is 13.0. The first-order valence-corrected chi connectivity index (χ1v) is 9.68. The van der Waals surface area contributed by atoms with Crippen LogP contribution in [-0.2, 0) is 14.8 Å². The molecule has 6 nitrogen and oxygen atoms in total. The minimum Gasteiger partial charge on any atom is -0.341 e. The Hall–Kier alpha value is -0.660. The van der Waals surface area contributed by atoms with Gasteiger partial charge in [-0.25, -0.2) is 13.1 Å². The van der Waals surface area contributed by atoms with Crippen LogP contribution >= 0.6 is 0 Å². The number of hydrogen-bond donors (Lipinski definition) is 1. The second-order valence-electron chi connectivity index (χ2n) is 7.09. The van der Waals surface area contributed by atoms with E-state index in [2.05, 4.69) is 30.4 Å². The van der Waals surface area contributed by atoms with Crippen LogP contribution in [-0.4, -0.2) is 69.1 Å². The van der Waals surface area contributed by atoms with E-state index in [0.717, 1.165) is 12.8 Å². The molecule has 0 aromatic carbocycles. The Bertz CT molecular complexity index is 441. The first-order valence-electron chi connectivity index (χ1n) is 7.79. The Morgan fingerprint density at radius 1 is 1.14 bits per heavy atom. The van der Waals surface area contributed by atoms with Gasteiger partial charge < -0.3 is 4.90 Å². The van der Waals surface area contributed by atoms with E-state index in [1.165, 1.54) is 0 Å². The molecule has 1 N–H and O–H groups in total. The van der Waals surface area contributed by atoms with Crippen LogP contribution in [0.15, 0.2) is 0 Å². The molecule has 0 aliphatic rings. The van der Waals surface area contributed by atoms with Gasteiger partial charge in [-0.1, -0.05) is 13.8 Å². The molecule has 132 valence electrons. The zero-order valence-corrected chi connectivity index (χ0v) is 16.0. The molecular formula is C15H33N3O3S. The second kappa shape index (κ2) is 8.84. The van der Waals surface area contributed by atoms with Gasteiger partial charge in [0.05, 0.1) is 6.26 Å². The quantitative estimate of drug-likeness (QED) is 0.642. The van der Waals surface area contributed by atoms with E-state index in [1.54, 1.807) is 0 Å². The summed E-state index contributed by atoms with van der Waals surface area (Å²) in [6.07, 6.45) is 1.76. The number of hydrogen-bond acceptors (Lipinski definition) is 4. The van der Waals surface area contributed by atoms with E-state index < -0.39 is 10.0 Å². The Morgan fingerprint density at radius 3 is 2.09 bits per heavy atom. The summed E-state index contributed by atoms with van der Waals surface area (Å²) in [4.78, 5) is 16.3. The highest BCUT2D eigenvalue weighted by Gasteiger charge is 2.21. The van der Waals surface area contributed by atoms with E-state index in [-0.39, 0.29) is 17.4 Å². The lowest BCUT2D eigenvalue weighted by molar-refractivity contribution is -0.134. The highest BCUT2D eigenvalue weighted by molar-refractivity contribution is 7.88. The summed E-state index contributed by atoms with van der Waals surface area (Å²) in [5, 5.41) is 0. The average Bonchev–Trinajstić information content (AvgIpc) is 2.34. The fourth-order valence-electron chi connectivity index (χ4n) is 1.83. The molecule has 22 heavy (non-hydrogen) atoms. The summed E-state index contributed by atoms with van der Waals surface area (Å²) >= 11 is 0. The minimum absolute atomic E-state index is 0.0530. The van der Waals surface area contributed by atoms with E-state index in [4.69, 9.17) is 0 Å². The molecule has 0 radical (unpaired) electrons. The molecule has 0 atom stereocenters. The van der Waals surface area contributed by atoms with Crippen molar-refractivity contribution in [3.63, 3.8) is 0 Å². The van der Waals surface area contributed by atoms with Gasteiger partial charge in [-0.2, -0.15) is 0 Å². The third kappa shape index (κ3) is 9.38. The van der Waals surface area contributed by atoms with Crippen LogP contribution in [0.3, 0.4) is 0 Å². The molecular weight excluding hydrogens is 302 g/mol. The van der Waals surface area contributed by atoms with E-state index in [9.17, 15) is 13.2 Å². The molecule has 7 heteroatoms. The number of nitrogens with one attached hydrogen (secondary N) is 1. The smallest absolute Gasteiger partial charge is 0.225 e. The predicted molar refractivity (Wildman–Crippen MR) is 91.3 cm³/mol. The third-order valence-electron chi connectivity index (χ3n) is 3.63. The Labute approximate surface area is 136 Å². The van der Waals surface area contributed by atoms with Crippen molar-refractivity contribution in [3.8, 4) is 0 Å². The highest BCUT2D eigenvalue weighted by atomic mass is 32.2. The number of carbonyl (C=O) groups excluding carboxylic acids is 1. The number of likely N-dealkylation sites (N-methyl/N-ethyl adjacent to an activating group) is 1. The van der Waals surface area contributed by atoms with Crippen molar-refractivity contribution in [2.75, 3.05) is 39.5 Å². The van der Waals surface area contributed by atoms with Crippen molar-refractivity contribution in [2.24, 2.45) is 5.92 Å². The summed E-state index contributed by atoms with van der Waals surface area (Å²) in [6, 6.07) is 0. The van der Waals surface area contributed by atoms with Crippen molar-refractivity contribution < 1.29 is 13.2 Å². The first kappa shape index (κ1) is 21.3. The van der Waals surface area contributed by atoms with Crippen molar-refractivity contribution >= 4 is 15.9 Å². The van der Waals surface area contributed by atoms with Crippen LogP contribution < -0.4 is 4.72 Å². The molecule has 0 saturated carbocycles. The standard InChI is InChI=1S/C15H33N3O3S/c1-13(2)14(19)18(10-8-9-16-22(7,20)21)12-11-17(6)15(3,4)5/h13,16H,8-12H2,1-7H3. The van der Waals surface area contributed by atoms with Crippen LogP contribution in [0.2, 0.25) is 0 Å². The fourth-order valence-corrected chi connectivity index (χ4v) is 2.35. The molecule has 1 amide bonds. The molecule has 0 unspecified atom stereocenters. The zero-order chi connectivity index (χ0) is 17.6. The van der Waals surface area contributed by atoms with Crippen LogP contribution in [0.1, 0.15) is 41.0 Å². The van der Waals surface area contributed by atoms with Gasteiger partial charge in [0.25, 0.3) is 0 Å². The van der Waals surface area contributed by atoms with Crippen molar-refractivity contribution in [1.29, 1.82) is 0 Å². The summed E-state index contributed by atoms with van der Waals surface area (Å²) in [5.41, 5.74) is 0.0599. The van der Waals surface area contributed by atoms with Gasteiger partial charge in [0.15, 0.2) is 0 Å². The van der Waals surface area contributed by atoms with Crippen LogP contribution in [0.25, 0.3) is 0 Å². The lowest BCUT2D eigenvalue weighted by Gasteiger charge is -2.34. The van der Waals surface area contributed by atoms with Gasteiger partial charge in [0, 0.05) is 37.6 Å². The van der Waals surface area contributed by atoms with E-state index in [1.807, 2.05) is 25.8 Å². The van der Waals surface area contributed by atoms with Crippen LogP contribution in [0.4, 0.5) is 0 Å². The second-order valence-corrected chi connectivity index (χ2v) is 8.93. The monoisotopic (exact) mass is 335 g/mol. The molecule has 0 saturated heterocycles. The van der Waals surface area contributed by atoms with Gasteiger partial charge >= 0.3 is 0 Å². The first-order chi connectivity index (χ1) is 9.84. The highest BCUT2D eigenvalue weighted by Crippen LogP contribution is 2.11. The van der Waals surface area contributed by atoms with Crippen LogP contribution in [0.5, 0.6) is 0 Å². The maximum Gasteiger partial charge on any atom is 0.225 e. The number of nitrogens with zero attached hydrogens (tertiary/aromatic N) is 2. The van der Waals surface area contributed by atoms with Crippen LogP contribution in [0, 0.1) is 5.92 Å². The maximum atomic E-state index is 12.3. The number of sulfonamides is 1. The largest absolute Gasteiger partial charge is 0.341 e. The summed E-state index contributed by atoms with van der Waals surface area (Å²) in [5.74, 6) is 0.0597. The topological polar surface area (TPSA) is 69.7 Å². The van der Waals surface area contributed by atoms with Gasteiger partial charge in [-0.15, -0.1) is 0 Å². The SMILES string of the molecule is CC(C)C(=O)N(CCCNS(C)(=O)=O)CCN(C)C(C)(C)C. The zero-order valence-electron chi connectivity index (χ0n) is 15.1. The predicted octanol–water partition coefficient (Wildman–Crippen LogP) is 1.14. The maximum absolute atomic E-state index is 12.3.